The monoisotopic (exact) mass is 309 g/mol. The normalized spacial score (nSPS) is 10.3. The Morgan fingerprint density at radius 1 is 0.913 bits per heavy atom. The number of halogens is 1. The zero-order chi connectivity index (χ0) is 16.1. The molecule has 0 bridgehead atoms. The lowest BCUT2D eigenvalue weighted by molar-refractivity contribution is 0.619. The van der Waals surface area contributed by atoms with E-state index < -0.39 is 5.82 Å². The molecular weight excluding hydrogens is 293 g/mol. The summed E-state index contributed by atoms with van der Waals surface area (Å²) in [6, 6.07) is 16.8. The van der Waals surface area contributed by atoms with Crippen molar-refractivity contribution < 1.29 is 4.39 Å². The zero-order valence-electron chi connectivity index (χ0n) is 12.3. The number of benzene rings is 2. The standard InChI is InChI=1S/C17H16FN5/c18-15-11-20-17(22-14-8-6-12(10-19)7-9-14)23-16(15)21-13-4-2-1-3-5-13/h1-9,11H,10,19H2,(H2,20,21,22,23). The number of nitrogens with zero attached hydrogens (tertiary/aromatic N) is 2. The van der Waals surface area contributed by atoms with Crippen LogP contribution in [0, 0.1) is 5.82 Å². The van der Waals surface area contributed by atoms with Crippen LogP contribution in [-0.2, 0) is 6.54 Å². The number of nitrogens with two attached hydrogens (primary N) is 1. The summed E-state index contributed by atoms with van der Waals surface area (Å²) < 4.78 is 13.9. The average Bonchev–Trinajstić information content (AvgIpc) is 2.59. The molecule has 23 heavy (non-hydrogen) atoms. The summed E-state index contributed by atoms with van der Waals surface area (Å²) in [5.41, 5.74) is 8.16. The number of aromatic nitrogens is 2. The highest BCUT2D eigenvalue weighted by atomic mass is 19.1. The molecule has 0 saturated heterocycles. The Hall–Kier alpha value is -2.99. The van der Waals surface area contributed by atoms with Gasteiger partial charge in [-0.1, -0.05) is 30.3 Å². The van der Waals surface area contributed by atoms with Crippen LogP contribution >= 0.6 is 0 Å². The van der Waals surface area contributed by atoms with Gasteiger partial charge in [-0.05, 0) is 29.8 Å². The van der Waals surface area contributed by atoms with Crippen molar-refractivity contribution in [2.24, 2.45) is 5.73 Å². The van der Waals surface area contributed by atoms with Gasteiger partial charge in [-0.2, -0.15) is 4.98 Å². The zero-order valence-corrected chi connectivity index (χ0v) is 12.3. The summed E-state index contributed by atoms with van der Waals surface area (Å²) in [6.45, 7) is 0.485. The van der Waals surface area contributed by atoms with Crippen molar-refractivity contribution in [2.75, 3.05) is 10.6 Å². The fraction of sp³-hybridized carbons (Fsp3) is 0.0588. The molecule has 6 heteroatoms. The molecule has 0 aliphatic heterocycles. The van der Waals surface area contributed by atoms with Gasteiger partial charge in [-0.3, -0.25) is 0 Å². The van der Waals surface area contributed by atoms with Gasteiger partial charge in [-0.15, -0.1) is 0 Å². The van der Waals surface area contributed by atoms with Gasteiger partial charge >= 0.3 is 0 Å². The van der Waals surface area contributed by atoms with E-state index in [1.807, 2.05) is 54.6 Å². The molecule has 0 atom stereocenters. The second-order valence-electron chi connectivity index (χ2n) is 4.91. The maximum Gasteiger partial charge on any atom is 0.229 e. The van der Waals surface area contributed by atoms with Crippen LogP contribution in [0.5, 0.6) is 0 Å². The van der Waals surface area contributed by atoms with Crippen LogP contribution in [0.15, 0.2) is 60.8 Å². The first-order valence-electron chi connectivity index (χ1n) is 7.15. The fourth-order valence-electron chi connectivity index (χ4n) is 2.03. The topological polar surface area (TPSA) is 75.9 Å². The molecule has 3 rings (SSSR count). The molecule has 0 aliphatic rings. The largest absolute Gasteiger partial charge is 0.338 e. The van der Waals surface area contributed by atoms with Gasteiger partial charge in [0.1, 0.15) is 0 Å². The van der Waals surface area contributed by atoms with Crippen LogP contribution in [0.3, 0.4) is 0 Å². The first-order chi connectivity index (χ1) is 11.2. The molecular formula is C17H16FN5. The molecule has 0 fully saturated rings. The van der Waals surface area contributed by atoms with Crippen molar-refractivity contribution in [1.29, 1.82) is 0 Å². The molecule has 0 unspecified atom stereocenters. The van der Waals surface area contributed by atoms with Crippen LogP contribution in [0.4, 0.5) is 27.5 Å². The van der Waals surface area contributed by atoms with Crippen molar-refractivity contribution in [3.8, 4) is 0 Å². The third-order valence-corrected chi connectivity index (χ3v) is 3.23. The van der Waals surface area contributed by atoms with Gasteiger partial charge in [0.25, 0.3) is 0 Å². The highest BCUT2D eigenvalue weighted by molar-refractivity contribution is 5.59. The summed E-state index contributed by atoms with van der Waals surface area (Å²) in [5, 5.41) is 5.97. The Morgan fingerprint density at radius 2 is 1.61 bits per heavy atom. The Kier molecular flexibility index (Phi) is 4.44. The van der Waals surface area contributed by atoms with E-state index in [9.17, 15) is 4.39 Å². The van der Waals surface area contributed by atoms with E-state index in [4.69, 9.17) is 5.73 Å². The van der Waals surface area contributed by atoms with Crippen LogP contribution in [0.25, 0.3) is 0 Å². The van der Waals surface area contributed by atoms with Gasteiger partial charge in [0.15, 0.2) is 11.6 Å². The van der Waals surface area contributed by atoms with Crippen molar-refractivity contribution in [3.05, 3.63) is 72.2 Å². The number of hydrogen-bond acceptors (Lipinski definition) is 5. The molecule has 1 heterocycles. The summed E-state index contributed by atoms with van der Waals surface area (Å²) in [6.07, 6.45) is 1.13. The summed E-state index contributed by atoms with van der Waals surface area (Å²) in [4.78, 5) is 8.13. The Morgan fingerprint density at radius 3 is 2.30 bits per heavy atom. The van der Waals surface area contributed by atoms with Crippen LogP contribution in [0.1, 0.15) is 5.56 Å². The van der Waals surface area contributed by atoms with Gasteiger partial charge in [0, 0.05) is 17.9 Å². The Balaban J connectivity index is 1.79. The van der Waals surface area contributed by atoms with E-state index >= 15 is 0 Å². The number of para-hydroxylation sites is 1. The molecule has 0 amide bonds. The lowest BCUT2D eigenvalue weighted by atomic mass is 10.2. The summed E-state index contributed by atoms with van der Waals surface area (Å²) >= 11 is 0. The molecule has 5 nitrogen and oxygen atoms in total. The Labute approximate surface area is 133 Å². The SMILES string of the molecule is NCc1ccc(Nc2ncc(F)c(Nc3ccccc3)n2)cc1. The average molecular weight is 309 g/mol. The molecule has 1 aromatic heterocycles. The van der Waals surface area contributed by atoms with Crippen LogP contribution in [0.2, 0.25) is 0 Å². The van der Waals surface area contributed by atoms with Crippen LogP contribution < -0.4 is 16.4 Å². The molecule has 3 aromatic rings. The molecule has 0 radical (unpaired) electrons. The third kappa shape index (κ3) is 3.81. The summed E-state index contributed by atoms with van der Waals surface area (Å²) in [7, 11) is 0. The number of hydrogen-bond donors (Lipinski definition) is 3. The predicted molar refractivity (Wildman–Crippen MR) is 89.3 cm³/mol. The van der Waals surface area contributed by atoms with E-state index in [0.717, 1.165) is 23.1 Å². The highest BCUT2D eigenvalue weighted by Crippen LogP contribution is 2.20. The second-order valence-corrected chi connectivity index (χ2v) is 4.91. The molecule has 0 saturated carbocycles. The molecule has 0 spiro atoms. The van der Waals surface area contributed by atoms with Gasteiger partial charge < -0.3 is 16.4 Å². The minimum Gasteiger partial charge on any atom is -0.338 e. The highest BCUT2D eigenvalue weighted by Gasteiger charge is 2.07. The maximum absolute atomic E-state index is 13.9. The molecule has 4 N–H and O–H groups in total. The van der Waals surface area contributed by atoms with E-state index in [1.165, 1.54) is 0 Å². The minimum atomic E-state index is -0.516. The quantitative estimate of drug-likeness (QED) is 0.672. The first-order valence-corrected chi connectivity index (χ1v) is 7.15. The predicted octanol–water partition coefficient (Wildman–Crippen LogP) is 3.56. The Bertz CT molecular complexity index is 775. The van der Waals surface area contributed by atoms with E-state index in [1.54, 1.807) is 0 Å². The van der Waals surface area contributed by atoms with Crippen molar-refractivity contribution >= 4 is 23.1 Å². The molecule has 0 aliphatic carbocycles. The summed E-state index contributed by atoms with van der Waals surface area (Å²) in [5.74, 6) is -0.0875. The first kappa shape index (κ1) is 14.9. The van der Waals surface area contributed by atoms with Crippen LogP contribution in [-0.4, -0.2) is 9.97 Å². The third-order valence-electron chi connectivity index (χ3n) is 3.23. The van der Waals surface area contributed by atoms with Crippen molar-refractivity contribution in [3.63, 3.8) is 0 Å². The van der Waals surface area contributed by atoms with Gasteiger partial charge in [0.2, 0.25) is 5.95 Å². The van der Waals surface area contributed by atoms with Crippen molar-refractivity contribution in [1.82, 2.24) is 9.97 Å². The van der Waals surface area contributed by atoms with Gasteiger partial charge in [-0.25, -0.2) is 9.37 Å². The smallest absolute Gasteiger partial charge is 0.229 e. The fourth-order valence-corrected chi connectivity index (χ4v) is 2.03. The van der Waals surface area contributed by atoms with Crippen molar-refractivity contribution in [2.45, 2.75) is 6.54 Å². The molecule has 2 aromatic carbocycles. The van der Waals surface area contributed by atoms with Gasteiger partial charge in [0.05, 0.1) is 6.20 Å². The van der Waals surface area contributed by atoms with E-state index in [-0.39, 0.29) is 5.82 Å². The minimum absolute atomic E-state index is 0.118. The lowest BCUT2D eigenvalue weighted by Gasteiger charge is -2.09. The lowest BCUT2D eigenvalue weighted by Crippen LogP contribution is -2.03. The van der Waals surface area contributed by atoms with E-state index in [2.05, 4.69) is 20.6 Å². The second kappa shape index (κ2) is 6.85. The molecule has 116 valence electrons. The van der Waals surface area contributed by atoms with E-state index in [0.29, 0.717) is 12.5 Å². The maximum atomic E-state index is 13.9. The number of nitrogens with one attached hydrogen (secondary N) is 2. The number of rotatable bonds is 5. The number of anilines is 4.